The Morgan fingerprint density at radius 1 is 1.29 bits per heavy atom. The number of piperidine rings is 1. The summed E-state index contributed by atoms with van der Waals surface area (Å²) in [6, 6.07) is 3.86. The van der Waals surface area contributed by atoms with E-state index in [-0.39, 0.29) is 0 Å². The Balaban J connectivity index is 2.41. The van der Waals surface area contributed by atoms with Gasteiger partial charge in [0.05, 0.1) is 7.11 Å². The molecule has 0 radical (unpaired) electrons. The summed E-state index contributed by atoms with van der Waals surface area (Å²) in [6.07, 6.45) is 1.49. The highest BCUT2D eigenvalue weighted by atomic mass is 19.1. The lowest BCUT2D eigenvalue weighted by molar-refractivity contribution is 0.121. The molecule has 0 spiro atoms. The molecule has 1 atom stereocenters. The second kappa shape index (κ2) is 4.65. The summed E-state index contributed by atoms with van der Waals surface area (Å²) < 4.78 is 20.1. The molecule has 0 aliphatic carbocycles. The predicted octanol–water partition coefficient (Wildman–Crippen LogP) is 2.86. The average molecular weight is 237 g/mol. The summed E-state index contributed by atoms with van der Waals surface area (Å²) in [7, 11) is 1.65. The smallest absolute Gasteiger partial charge is 0.148 e. The van der Waals surface area contributed by atoms with Crippen LogP contribution in [0.25, 0.3) is 0 Å². The lowest BCUT2D eigenvalue weighted by Crippen LogP contribution is -2.40. The van der Waals surface area contributed by atoms with Crippen LogP contribution in [0.1, 0.15) is 29.5 Å². The van der Waals surface area contributed by atoms with Crippen molar-refractivity contribution < 1.29 is 9.13 Å². The maximum Gasteiger partial charge on any atom is 0.148 e. The fourth-order valence-corrected chi connectivity index (χ4v) is 2.59. The molecule has 1 unspecified atom stereocenters. The first-order valence-corrected chi connectivity index (χ1v) is 6.12. The molecule has 0 amide bonds. The number of halogens is 1. The molecule has 94 valence electrons. The van der Waals surface area contributed by atoms with E-state index in [2.05, 4.69) is 5.32 Å². The fraction of sp³-hybridized carbons (Fsp3) is 0.571. The predicted molar refractivity (Wildman–Crippen MR) is 67.4 cm³/mol. The van der Waals surface area contributed by atoms with Crippen molar-refractivity contribution in [2.24, 2.45) is 0 Å². The zero-order valence-electron chi connectivity index (χ0n) is 10.8. The van der Waals surface area contributed by atoms with Crippen LogP contribution in [0.5, 0.6) is 5.75 Å². The summed E-state index contributed by atoms with van der Waals surface area (Å²) in [5.74, 6) is 0.832. The molecular weight excluding hydrogens is 217 g/mol. The van der Waals surface area contributed by atoms with Crippen LogP contribution < -0.4 is 10.1 Å². The quantitative estimate of drug-likeness (QED) is 0.854. The lowest BCUT2D eigenvalue weighted by atomic mass is 9.85. The minimum Gasteiger partial charge on any atom is -0.496 e. The molecule has 0 saturated carbocycles. The van der Waals surface area contributed by atoms with Crippen molar-refractivity contribution in [2.75, 3.05) is 20.2 Å². The first kappa shape index (κ1) is 12.4. The number of hydrogen-bond donors (Lipinski definition) is 1. The number of alkyl halides is 1. The molecule has 1 N–H and O–H groups in total. The Kier molecular flexibility index (Phi) is 3.38. The topological polar surface area (TPSA) is 21.3 Å². The van der Waals surface area contributed by atoms with E-state index in [0.717, 1.165) is 35.4 Å². The monoisotopic (exact) mass is 237 g/mol. The second-order valence-electron chi connectivity index (χ2n) is 4.88. The van der Waals surface area contributed by atoms with Crippen LogP contribution in [0, 0.1) is 13.8 Å². The molecule has 1 aliphatic rings. The maximum atomic E-state index is 14.9. The number of aryl methyl sites for hydroxylation is 2. The SMILES string of the molecule is COc1cc(C)c(C2(F)CCCNC2)cc1C. The Morgan fingerprint density at radius 3 is 2.65 bits per heavy atom. The van der Waals surface area contributed by atoms with Crippen LogP contribution in [-0.2, 0) is 5.67 Å². The summed E-state index contributed by atoms with van der Waals surface area (Å²) in [4.78, 5) is 0. The third-order valence-electron chi connectivity index (χ3n) is 3.56. The zero-order chi connectivity index (χ0) is 12.5. The lowest BCUT2D eigenvalue weighted by Gasteiger charge is -2.32. The van der Waals surface area contributed by atoms with Crippen molar-refractivity contribution in [3.8, 4) is 5.75 Å². The van der Waals surface area contributed by atoms with Gasteiger partial charge in [0.25, 0.3) is 0 Å². The number of nitrogens with one attached hydrogen (secondary N) is 1. The van der Waals surface area contributed by atoms with E-state index in [9.17, 15) is 4.39 Å². The Morgan fingerprint density at radius 2 is 2.06 bits per heavy atom. The van der Waals surface area contributed by atoms with Crippen molar-refractivity contribution in [3.05, 3.63) is 28.8 Å². The van der Waals surface area contributed by atoms with Gasteiger partial charge in [0, 0.05) is 6.54 Å². The molecule has 2 nitrogen and oxygen atoms in total. The van der Waals surface area contributed by atoms with E-state index < -0.39 is 5.67 Å². The van der Waals surface area contributed by atoms with Gasteiger partial charge in [-0.3, -0.25) is 0 Å². The van der Waals surface area contributed by atoms with Crippen LogP contribution in [0.3, 0.4) is 0 Å². The van der Waals surface area contributed by atoms with Gasteiger partial charge >= 0.3 is 0 Å². The maximum absolute atomic E-state index is 14.9. The third kappa shape index (κ3) is 2.29. The first-order chi connectivity index (χ1) is 8.07. The molecule has 1 fully saturated rings. The van der Waals surface area contributed by atoms with Crippen LogP contribution in [-0.4, -0.2) is 20.2 Å². The molecule has 2 rings (SSSR count). The fourth-order valence-electron chi connectivity index (χ4n) is 2.59. The summed E-state index contributed by atoms with van der Waals surface area (Å²) in [6.45, 7) is 5.24. The summed E-state index contributed by atoms with van der Waals surface area (Å²) in [5.41, 5.74) is 1.55. The molecular formula is C14H20FNO. The highest BCUT2D eigenvalue weighted by Gasteiger charge is 2.35. The second-order valence-corrected chi connectivity index (χ2v) is 4.88. The van der Waals surface area contributed by atoms with Gasteiger partial charge in [0.2, 0.25) is 0 Å². The van der Waals surface area contributed by atoms with Crippen LogP contribution >= 0.6 is 0 Å². The number of hydrogen-bond acceptors (Lipinski definition) is 2. The van der Waals surface area contributed by atoms with Gasteiger partial charge in [0.15, 0.2) is 0 Å². The van der Waals surface area contributed by atoms with Crippen molar-refractivity contribution in [2.45, 2.75) is 32.4 Å². The van der Waals surface area contributed by atoms with E-state index in [0.29, 0.717) is 13.0 Å². The van der Waals surface area contributed by atoms with Crippen molar-refractivity contribution in [1.82, 2.24) is 5.32 Å². The molecule has 0 aromatic heterocycles. The first-order valence-electron chi connectivity index (χ1n) is 6.12. The normalized spacial score (nSPS) is 24.7. The van der Waals surface area contributed by atoms with E-state index in [1.165, 1.54) is 0 Å². The van der Waals surface area contributed by atoms with Gasteiger partial charge in [0.1, 0.15) is 11.4 Å². The van der Waals surface area contributed by atoms with Gasteiger partial charge in [-0.15, -0.1) is 0 Å². The van der Waals surface area contributed by atoms with Crippen LogP contribution in [0.4, 0.5) is 4.39 Å². The molecule has 1 heterocycles. The van der Waals surface area contributed by atoms with Gasteiger partial charge in [-0.25, -0.2) is 4.39 Å². The van der Waals surface area contributed by atoms with Crippen LogP contribution in [0.15, 0.2) is 12.1 Å². The number of benzene rings is 1. The van der Waals surface area contributed by atoms with Crippen LogP contribution in [0.2, 0.25) is 0 Å². The van der Waals surface area contributed by atoms with Crippen molar-refractivity contribution in [1.29, 1.82) is 0 Å². The Bertz CT molecular complexity index is 411. The van der Waals surface area contributed by atoms with Gasteiger partial charge in [-0.2, -0.15) is 0 Å². The number of rotatable bonds is 2. The molecule has 1 aliphatic heterocycles. The highest BCUT2D eigenvalue weighted by Crippen LogP contribution is 2.37. The molecule has 17 heavy (non-hydrogen) atoms. The van der Waals surface area contributed by atoms with Crippen molar-refractivity contribution >= 4 is 0 Å². The minimum absolute atomic E-state index is 0.416. The third-order valence-corrected chi connectivity index (χ3v) is 3.56. The molecule has 1 aromatic carbocycles. The zero-order valence-corrected chi connectivity index (χ0v) is 10.8. The van der Waals surface area contributed by atoms with E-state index in [1.54, 1.807) is 7.11 Å². The molecule has 1 saturated heterocycles. The molecule has 1 aromatic rings. The van der Waals surface area contributed by atoms with Crippen molar-refractivity contribution in [3.63, 3.8) is 0 Å². The Hall–Kier alpha value is -1.09. The average Bonchev–Trinajstić information content (AvgIpc) is 2.32. The standard InChI is InChI=1S/C14H20FNO/c1-10-8-13(17-3)11(2)7-12(10)14(15)5-4-6-16-9-14/h7-8,16H,4-6,9H2,1-3H3. The van der Waals surface area contributed by atoms with Gasteiger partial charge < -0.3 is 10.1 Å². The van der Waals surface area contributed by atoms with Gasteiger partial charge in [-0.05, 0) is 62.1 Å². The Labute approximate surface area is 102 Å². The van der Waals surface area contributed by atoms with Gasteiger partial charge in [-0.1, -0.05) is 0 Å². The molecule has 0 bridgehead atoms. The number of methoxy groups -OCH3 is 1. The number of ether oxygens (including phenoxy) is 1. The van der Waals surface area contributed by atoms with E-state index >= 15 is 0 Å². The summed E-state index contributed by atoms with van der Waals surface area (Å²) in [5, 5.41) is 3.14. The molecule has 3 heteroatoms. The van der Waals surface area contributed by atoms with E-state index in [4.69, 9.17) is 4.74 Å². The highest BCUT2D eigenvalue weighted by molar-refractivity contribution is 5.44. The largest absolute Gasteiger partial charge is 0.496 e. The van der Waals surface area contributed by atoms with E-state index in [1.807, 2.05) is 26.0 Å². The minimum atomic E-state index is -1.22. The summed E-state index contributed by atoms with van der Waals surface area (Å²) >= 11 is 0.